The van der Waals surface area contributed by atoms with E-state index >= 15 is 0 Å². The van der Waals surface area contributed by atoms with Crippen molar-refractivity contribution in [1.29, 1.82) is 0 Å². The quantitative estimate of drug-likeness (QED) is 0.633. The van der Waals surface area contributed by atoms with Gasteiger partial charge in [0.25, 0.3) is 0 Å². The summed E-state index contributed by atoms with van der Waals surface area (Å²) in [7, 11) is 0. The monoisotopic (exact) mass is 239 g/mol. The van der Waals surface area contributed by atoms with Gasteiger partial charge in [-0.2, -0.15) is 0 Å². The molecule has 0 aliphatic rings. The van der Waals surface area contributed by atoms with Gasteiger partial charge < -0.3 is 11.1 Å². The Hall–Kier alpha value is -1.43. The first-order valence-electron chi connectivity index (χ1n) is 6.09. The Morgan fingerprint density at radius 2 is 2.41 bits per heavy atom. The molecule has 0 spiro atoms. The summed E-state index contributed by atoms with van der Waals surface area (Å²) in [6.45, 7) is 3.89. The predicted molar refractivity (Wildman–Crippen MR) is 65.1 cm³/mol. The molecule has 1 aromatic heterocycles. The third-order valence-electron chi connectivity index (χ3n) is 2.63. The minimum absolute atomic E-state index is 0.0497. The standard InChI is InChI=1S/C11H21N5O/c1-2-4-10(9-12)11(17)13-5-3-7-16-8-6-14-15-16/h6,8,10H,2-5,7,9,12H2,1H3,(H,13,17). The van der Waals surface area contributed by atoms with Crippen LogP contribution in [-0.2, 0) is 11.3 Å². The van der Waals surface area contributed by atoms with Gasteiger partial charge in [0.1, 0.15) is 0 Å². The van der Waals surface area contributed by atoms with Crippen LogP contribution in [0.1, 0.15) is 26.2 Å². The summed E-state index contributed by atoms with van der Waals surface area (Å²) in [5, 5.41) is 10.5. The van der Waals surface area contributed by atoms with Crippen LogP contribution < -0.4 is 11.1 Å². The molecule has 0 saturated carbocycles. The minimum Gasteiger partial charge on any atom is -0.356 e. The van der Waals surface area contributed by atoms with Crippen LogP contribution in [0.25, 0.3) is 0 Å². The van der Waals surface area contributed by atoms with E-state index in [0.29, 0.717) is 13.1 Å². The highest BCUT2D eigenvalue weighted by molar-refractivity contribution is 5.78. The molecule has 1 heterocycles. The van der Waals surface area contributed by atoms with Crippen molar-refractivity contribution < 1.29 is 4.79 Å². The maximum Gasteiger partial charge on any atom is 0.224 e. The number of amides is 1. The molecule has 3 N–H and O–H groups in total. The maximum atomic E-state index is 11.7. The number of aromatic nitrogens is 3. The number of hydrogen-bond donors (Lipinski definition) is 2. The van der Waals surface area contributed by atoms with Crippen LogP contribution >= 0.6 is 0 Å². The fourth-order valence-corrected chi connectivity index (χ4v) is 1.65. The number of nitrogens with two attached hydrogens (primary N) is 1. The topological polar surface area (TPSA) is 85.8 Å². The average Bonchev–Trinajstić information content (AvgIpc) is 2.84. The Balaban J connectivity index is 2.14. The van der Waals surface area contributed by atoms with E-state index < -0.39 is 0 Å². The molecule has 0 aliphatic heterocycles. The fourth-order valence-electron chi connectivity index (χ4n) is 1.65. The molecule has 1 atom stereocenters. The first-order chi connectivity index (χ1) is 8.27. The first-order valence-corrected chi connectivity index (χ1v) is 6.09. The van der Waals surface area contributed by atoms with Gasteiger partial charge in [0, 0.05) is 25.8 Å². The molecule has 1 aromatic rings. The third kappa shape index (κ3) is 4.95. The Morgan fingerprint density at radius 1 is 1.59 bits per heavy atom. The number of nitrogens with one attached hydrogen (secondary N) is 1. The van der Waals surface area contributed by atoms with Crippen LogP contribution in [0.2, 0.25) is 0 Å². The van der Waals surface area contributed by atoms with Crippen molar-refractivity contribution in [3.63, 3.8) is 0 Å². The lowest BCUT2D eigenvalue weighted by atomic mass is 10.0. The van der Waals surface area contributed by atoms with Crippen molar-refractivity contribution in [2.75, 3.05) is 13.1 Å². The van der Waals surface area contributed by atoms with Gasteiger partial charge in [-0.3, -0.25) is 9.48 Å². The second-order valence-electron chi connectivity index (χ2n) is 4.03. The van der Waals surface area contributed by atoms with Crippen molar-refractivity contribution in [3.05, 3.63) is 12.4 Å². The number of carbonyl (C=O) groups excluding carboxylic acids is 1. The molecule has 17 heavy (non-hydrogen) atoms. The van der Waals surface area contributed by atoms with E-state index in [2.05, 4.69) is 22.6 Å². The lowest BCUT2D eigenvalue weighted by Gasteiger charge is -2.13. The van der Waals surface area contributed by atoms with Gasteiger partial charge in [-0.05, 0) is 12.8 Å². The third-order valence-corrected chi connectivity index (χ3v) is 2.63. The van der Waals surface area contributed by atoms with E-state index in [1.54, 1.807) is 10.9 Å². The number of carbonyl (C=O) groups is 1. The molecular weight excluding hydrogens is 218 g/mol. The second kappa shape index (κ2) is 7.78. The summed E-state index contributed by atoms with van der Waals surface area (Å²) in [5.41, 5.74) is 5.56. The van der Waals surface area contributed by atoms with Gasteiger partial charge in [0.2, 0.25) is 5.91 Å². The van der Waals surface area contributed by atoms with E-state index in [4.69, 9.17) is 5.73 Å². The molecule has 0 fully saturated rings. The molecule has 0 aromatic carbocycles. The lowest BCUT2D eigenvalue weighted by molar-refractivity contribution is -0.124. The van der Waals surface area contributed by atoms with Crippen LogP contribution in [0.5, 0.6) is 0 Å². The van der Waals surface area contributed by atoms with E-state index in [-0.39, 0.29) is 11.8 Å². The Kier molecular flexibility index (Phi) is 6.24. The zero-order valence-corrected chi connectivity index (χ0v) is 10.3. The summed E-state index contributed by atoms with van der Waals surface area (Å²) in [6, 6.07) is 0. The molecule has 6 heteroatoms. The normalized spacial score (nSPS) is 12.4. The highest BCUT2D eigenvalue weighted by atomic mass is 16.1. The Bertz CT molecular complexity index is 312. The zero-order chi connectivity index (χ0) is 12.5. The maximum absolute atomic E-state index is 11.7. The summed E-state index contributed by atoms with van der Waals surface area (Å²) >= 11 is 0. The smallest absolute Gasteiger partial charge is 0.224 e. The van der Waals surface area contributed by atoms with Crippen LogP contribution in [-0.4, -0.2) is 34.0 Å². The number of nitrogens with zero attached hydrogens (tertiary/aromatic N) is 3. The molecule has 6 nitrogen and oxygen atoms in total. The van der Waals surface area contributed by atoms with Gasteiger partial charge in [-0.15, -0.1) is 5.10 Å². The lowest BCUT2D eigenvalue weighted by Crippen LogP contribution is -2.35. The SMILES string of the molecule is CCCC(CN)C(=O)NCCCn1ccnn1. The van der Waals surface area contributed by atoms with E-state index in [9.17, 15) is 4.79 Å². The van der Waals surface area contributed by atoms with Crippen molar-refractivity contribution in [2.45, 2.75) is 32.7 Å². The van der Waals surface area contributed by atoms with E-state index in [0.717, 1.165) is 25.8 Å². The second-order valence-corrected chi connectivity index (χ2v) is 4.03. The summed E-state index contributed by atoms with van der Waals surface area (Å²) in [4.78, 5) is 11.7. The molecule has 0 saturated heterocycles. The van der Waals surface area contributed by atoms with Crippen molar-refractivity contribution in [3.8, 4) is 0 Å². The predicted octanol–water partition coefficient (Wildman–Crippen LogP) is 0.159. The van der Waals surface area contributed by atoms with Crippen molar-refractivity contribution in [1.82, 2.24) is 20.3 Å². The van der Waals surface area contributed by atoms with Gasteiger partial charge >= 0.3 is 0 Å². The molecule has 0 radical (unpaired) electrons. The highest BCUT2D eigenvalue weighted by Gasteiger charge is 2.14. The summed E-state index contributed by atoms with van der Waals surface area (Å²) in [6.07, 6.45) is 6.13. The van der Waals surface area contributed by atoms with Gasteiger partial charge in [-0.25, -0.2) is 0 Å². The van der Waals surface area contributed by atoms with Gasteiger partial charge in [0.15, 0.2) is 0 Å². The Labute approximate surface area is 102 Å². The molecular formula is C11H21N5O. The molecule has 1 amide bonds. The zero-order valence-electron chi connectivity index (χ0n) is 10.3. The molecule has 0 bridgehead atoms. The molecule has 0 aliphatic carbocycles. The van der Waals surface area contributed by atoms with Crippen molar-refractivity contribution >= 4 is 5.91 Å². The van der Waals surface area contributed by atoms with Crippen LogP contribution in [0, 0.1) is 5.92 Å². The number of rotatable bonds is 8. The van der Waals surface area contributed by atoms with Crippen LogP contribution in [0.4, 0.5) is 0 Å². The number of hydrogen-bond acceptors (Lipinski definition) is 4. The number of aryl methyl sites for hydroxylation is 1. The van der Waals surface area contributed by atoms with Crippen molar-refractivity contribution in [2.24, 2.45) is 11.7 Å². The average molecular weight is 239 g/mol. The first kappa shape index (κ1) is 13.6. The highest BCUT2D eigenvalue weighted by Crippen LogP contribution is 2.04. The minimum atomic E-state index is -0.0497. The van der Waals surface area contributed by atoms with Crippen LogP contribution in [0.15, 0.2) is 12.4 Å². The van der Waals surface area contributed by atoms with E-state index in [1.807, 2.05) is 6.20 Å². The largest absolute Gasteiger partial charge is 0.356 e. The Morgan fingerprint density at radius 3 is 3.00 bits per heavy atom. The van der Waals surface area contributed by atoms with Crippen LogP contribution in [0.3, 0.4) is 0 Å². The molecule has 96 valence electrons. The summed E-state index contributed by atoms with van der Waals surface area (Å²) < 4.78 is 1.75. The fraction of sp³-hybridized carbons (Fsp3) is 0.727. The summed E-state index contributed by atoms with van der Waals surface area (Å²) in [5.74, 6) is 0.0133. The van der Waals surface area contributed by atoms with E-state index in [1.165, 1.54) is 0 Å². The molecule has 1 rings (SSSR count). The molecule has 1 unspecified atom stereocenters. The van der Waals surface area contributed by atoms with Gasteiger partial charge in [-0.1, -0.05) is 18.6 Å². The van der Waals surface area contributed by atoms with Gasteiger partial charge in [0.05, 0.1) is 12.1 Å².